The third kappa shape index (κ3) is 4.53. The molecule has 2 aliphatic rings. The van der Waals surface area contributed by atoms with Gasteiger partial charge in [0.05, 0.1) is 0 Å². The van der Waals surface area contributed by atoms with E-state index in [1.807, 2.05) is 0 Å². The minimum atomic E-state index is -0.274. The van der Waals surface area contributed by atoms with E-state index in [2.05, 4.69) is 9.97 Å². The van der Waals surface area contributed by atoms with E-state index in [9.17, 15) is 19.2 Å². The average Bonchev–Trinajstić information content (AvgIpc) is 3.62. The SMILES string of the molecule is CN(CCN(C)C(=O)c1cc(C2CC2)[nH]c(=O)c1)C(=O)c1cc(C2CC2)[nH]c(=O)c1. The number of aromatic amines is 2. The summed E-state index contributed by atoms with van der Waals surface area (Å²) >= 11 is 0. The van der Waals surface area contributed by atoms with Crippen LogP contribution < -0.4 is 11.1 Å². The van der Waals surface area contributed by atoms with Crippen LogP contribution in [0, 0.1) is 0 Å². The number of rotatable bonds is 7. The maximum Gasteiger partial charge on any atom is 0.253 e. The molecule has 2 amide bonds. The Morgan fingerprint density at radius 1 is 0.767 bits per heavy atom. The molecule has 158 valence electrons. The van der Waals surface area contributed by atoms with Crippen LogP contribution in [0.15, 0.2) is 33.9 Å². The second kappa shape index (κ2) is 7.93. The van der Waals surface area contributed by atoms with Crippen molar-refractivity contribution < 1.29 is 9.59 Å². The first-order chi connectivity index (χ1) is 14.3. The summed E-state index contributed by atoms with van der Waals surface area (Å²) in [4.78, 5) is 57.9. The van der Waals surface area contributed by atoms with Crippen LogP contribution in [0.1, 0.15) is 69.6 Å². The number of pyridine rings is 2. The Kier molecular flexibility index (Phi) is 5.32. The number of nitrogens with zero attached hydrogens (tertiary/aromatic N) is 2. The van der Waals surface area contributed by atoms with Crippen LogP contribution in [-0.4, -0.2) is 58.8 Å². The van der Waals surface area contributed by atoms with E-state index >= 15 is 0 Å². The van der Waals surface area contributed by atoms with Gasteiger partial charge in [-0.2, -0.15) is 0 Å². The quantitative estimate of drug-likeness (QED) is 0.724. The molecule has 0 aliphatic heterocycles. The molecule has 0 bridgehead atoms. The maximum absolute atomic E-state index is 12.7. The van der Waals surface area contributed by atoms with Gasteiger partial charge in [-0.05, 0) is 49.7 Å². The van der Waals surface area contributed by atoms with Crippen molar-refractivity contribution in [2.75, 3.05) is 27.2 Å². The first-order valence-corrected chi connectivity index (χ1v) is 10.3. The van der Waals surface area contributed by atoms with Crippen molar-refractivity contribution in [1.82, 2.24) is 19.8 Å². The standard InChI is InChI=1S/C22H26N4O4/c1-25(21(29)15-9-17(13-3-4-13)23-19(27)11-15)7-8-26(2)22(30)16-10-18(14-5-6-14)24-20(28)12-16/h9-14H,3-8H2,1-2H3,(H,23,27)(H,24,28). The molecule has 4 rings (SSSR count). The van der Waals surface area contributed by atoms with Gasteiger partial charge in [0.25, 0.3) is 11.8 Å². The van der Waals surface area contributed by atoms with E-state index in [-0.39, 0.29) is 22.9 Å². The van der Waals surface area contributed by atoms with Crippen molar-refractivity contribution >= 4 is 11.8 Å². The normalized spacial score (nSPS) is 15.7. The van der Waals surface area contributed by atoms with Gasteiger partial charge in [-0.25, -0.2) is 0 Å². The van der Waals surface area contributed by atoms with Crippen molar-refractivity contribution in [1.29, 1.82) is 0 Å². The van der Waals surface area contributed by atoms with E-state index in [0.29, 0.717) is 36.1 Å². The summed E-state index contributed by atoms with van der Waals surface area (Å²) in [6.07, 6.45) is 4.12. The summed E-state index contributed by atoms with van der Waals surface area (Å²) in [6.45, 7) is 0.622. The molecule has 2 fully saturated rings. The zero-order chi connectivity index (χ0) is 21.4. The molecule has 0 atom stereocenters. The van der Waals surface area contributed by atoms with E-state index in [1.165, 1.54) is 21.9 Å². The molecular weight excluding hydrogens is 384 g/mol. The first-order valence-electron chi connectivity index (χ1n) is 10.3. The predicted molar refractivity (Wildman–Crippen MR) is 112 cm³/mol. The Morgan fingerprint density at radius 3 is 1.47 bits per heavy atom. The van der Waals surface area contributed by atoms with Gasteiger partial charge in [-0.3, -0.25) is 19.2 Å². The lowest BCUT2D eigenvalue weighted by atomic mass is 10.1. The van der Waals surface area contributed by atoms with Gasteiger partial charge in [0, 0.05) is 61.8 Å². The number of carbonyl (C=O) groups excluding carboxylic acids is 2. The molecular formula is C22H26N4O4. The molecule has 2 saturated carbocycles. The maximum atomic E-state index is 12.7. The lowest BCUT2D eigenvalue weighted by molar-refractivity contribution is 0.0718. The molecule has 2 N–H and O–H groups in total. The van der Waals surface area contributed by atoms with E-state index in [1.54, 1.807) is 26.2 Å². The Labute approximate surface area is 173 Å². The highest BCUT2D eigenvalue weighted by Crippen LogP contribution is 2.39. The molecule has 0 saturated heterocycles. The molecule has 0 radical (unpaired) electrons. The number of aromatic nitrogens is 2. The van der Waals surface area contributed by atoms with Crippen molar-refractivity contribution in [3.05, 3.63) is 67.5 Å². The topological polar surface area (TPSA) is 106 Å². The molecule has 2 aliphatic carbocycles. The Balaban J connectivity index is 1.39. The van der Waals surface area contributed by atoms with Crippen molar-refractivity contribution in [3.63, 3.8) is 0 Å². The number of hydrogen-bond acceptors (Lipinski definition) is 4. The molecule has 8 heteroatoms. The molecule has 2 aromatic heterocycles. The highest BCUT2D eigenvalue weighted by molar-refractivity contribution is 5.95. The zero-order valence-corrected chi connectivity index (χ0v) is 17.2. The third-order valence-electron chi connectivity index (χ3n) is 5.72. The minimum Gasteiger partial charge on any atom is -0.340 e. The monoisotopic (exact) mass is 410 g/mol. The third-order valence-corrected chi connectivity index (χ3v) is 5.72. The second-order valence-electron chi connectivity index (χ2n) is 8.38. The molecule has 2 heterocycles. The number of amides is 2. The molecule has 30 heavy (non-hydrogen) atoms. The van der Waals surface area contributed by atoms with Crippen LogP contribution in [0.2, 0.25) is 0 Å². The minimum absolute atomic E-state index is 0.254. The van der Waals surface area contributed by atoms with Crippen LogP contribution in [0.25, 0.3) is 0 Å². The van der Waals surface area contributed by atoms with E-state index in [0.717, 1.165) is 37.1 Å². The summed E-state index contributed by atoms with van der Waals surface area (Å²) in [6, 6.07) is 6.13. The van der Waals surface area contributed by atoms with Gasteiger partial charge in [-0.15, -0.1) is 0 Å². The second-order valence-corrected chi connectivity index (χ2v) is 8.38. The van der Waals surface area contributed by atoms with Crippen LogP contribution in [0.3, 0.4) is 0 Å². The first kappa shape index (κ1) is 20.1. The number of nitrogens with one attached hydrogen (secondary N) is 2. The molecule has 0 spiro atoms. The van der Waals surface area contributed by atoms with Gasteiger partial charge >= 0.3 is 0 Å². The van der Waals surface area contributed by atoms with E-state index in [4.69, 9.17) is 0 Å². The lowest BCUT2D eigenvalue weighted by Crippen LogP contribution is -2.38. The molecule has 0 unspecified atom stereocenters. The van der Waals surface area contributed by atoms with Gasteiger partial charge in [0.2, 0.25) is 11.1 Å². The highest BCUT2D eigenvalue weighted by Gasteiger charge is 2.27. The van der Waals surface area contributed by atoms with Gasteiger partial charge in [0.1, 0.15) is 0 Å². The smallest absolute Gasteiger partial charge is 0.253 e. The summed E-state index contributed by atoms with van der Waals surface area (Å²) in [5, 5.41) is 0. The largest absolute Gasteiger partial charge is 0.340 e. The summed E-state index contributed by atoms with van der Waals surface area (Å²) in [5.74, 6) is 0.176. The van der Waals surface area contributed by atoms with Crippen molar-refractivity contribution in [2.45, 2.75) is 37.5 Å². The van der Waals surface area contributed by atoms with Crippen molar-refractivity contribution in [2.24, 2.45) is 0 Å². The van der Waals surface area contributed by atoms with Crippen LogP contribution in [0.4, 0.5) is 0 Å². The van der Waals surface area contributed by atoms with E-state index < -0.39 is 0 Å². The van der Waals surface area contributed by atoms with Crippen LogP contribution in [0.5, 0.6) is 0 Å². The Bertz CT molecular complexity index is 1010. The van der Waals surface area contributed by atoms with Crippen LogP contribution >= 0.6 is 0 Å². The predicted octanol–water partition coefficient (Wildman–Crippen LogP) is 1.66. The summed E-state index contributed by atoms with van der Waals surface area (Å²) in [5.41, 5.74) is 1.80. The Hall–Kier alpha value is -3.16. The number of H-pyrrole nitrogens is 2. The summed E-state index contributed by atoms with van der Waals surface area (Å²) in [7, 11) is 3.30. The number of hydrogen-bond donors (Lipinski definition) is 2. The van der Waals surface area contributed by atoms with Gasteiger partial charge < -0.3 is 19.8 Å². The fourth-order valence-electron chi connectivity index (χ4n) is 3.55. The molecule has 2 aromatic rings. The fourth-order valence-corrected chi connectivity index (χ4v) is 3.55. The van der Waals surface area contributed by atoms with Crippen LogP contribution in [-0.2, 0) is 0 Å². The van der Waals surface area contributed by atoms with Crippen molar-refractivity contribution in [3.8, 4) is 0 Å². The summed E-state index contributed by atoms with van der Waals surface area (Å²) < 4.78 is 0. The molecule has 0 aromatic carbocycles. The Morgan fingerprint density at radius 2 is 1.13 bits per heavy atom. The molecule has 8 nitrogen and oxygen atoms in total. The average molecular weight is 410 g/mol. The fraction of sp³-hybridized carbons (Fsp3) is 0.455. The number of likely N-dealkylation sites (N-methyl/N-ethyl adjacent to an activating group) is 2. The van der Waals surface area contributed by atoms with Gasteiger partial charge in [0.15, 0.2) is 0 Å². The highest BCUT2D eigenvalue weighted by atomic mass is 16.2. The lowest BCUT2D eigenvalue weighted by Gasteiger charge is -2.23. The van der Waals surface area contributed by atoms with Gasteiger partial charge in [-0.1, -0.05) is 0 Å². The zero-order valence-electron chi connectivity index (χ0n) is 17.2. The number of carbonyl (C=O) groups is 2.